The van der Waals surface area contributed by atoms with E-state index in [0.29, 0.717) is 13.1 Å². The van der Waals surface area contributed by atoms with Crippen LogP contribution in [0, 0.1) is 0 Å². The Morgan fingerprint density at radius 1 is 1.24 bits per heavy atom. The monoisotopic (exact) mass is 320 g/mol. The first-order valence-corrected chi connectivity index (χ1v) is 8.93. The summed E-state index contributed by atoms with van der Waals surface area (Å²) in [5.41, 5.74) is -0.504. The summed E-state index contributed by atoms with van der Waals surface area (Å²) in [5.74, 6) is 0.294. The van der Waals surface area contributed by atoms with Gasteiger partial charge in [0, 0.05) is 24.9 Å². The molecule has 6 nitrogen and oxygen atoms in total. The van der Waals surface area contributed by atoms with Gasteiger partial charge in [-0.2, -0.15) is 0 Å². The molecule has 1 unspecified atom stereocenters. The molecule has 0 aliphatic carbocycles. The zero-order chi connectivity index (χ0) is 16.5. The minimum Gasteiger partial charge on any atom is -0.444 e. The summed E-state index contributed by atoms with van der Waals surface area (Å²) in [7, 11) is -2.95. The minimum absolute atomic E-state index is 0.0987. The summed E-state index contributed by atoms with van der Waals surface area (Å²) in [5, 5.41) is 5.69. The number of sulfone groups is 1. The Hall–Kier alpha value is -1.08. The van der Waals surface area contributed by atoms with Crippen molar-refractivity contribution in [3.05, 3.63) is 12.2 Å². The molecule has 0 aliphatic heterocycles. The van der Waals surface area contributed by atoms with Crippen LogP contribution in [0.2, 0.25) is 0 Å². The largest absolute Gasteiger partial charge is 0.444 e. The Kier molecular flexibility index (Phi) is 8.58. The molecule has 1 atom stereocenters. The lowest BCUT2D eigenvalue weighted by atomic mass is 10.2. The van der Waals surface area contributed by atoms with Gasteiger partial charge in [0.05, 0.1) is 5.75 Å². The van der Waals surface area contributed by atoms with Crippen LogP contribution in [0.15, 0.2) is 12.2 Å². The zero-order valence-electron chi connectivity index (χ0n) is 13.6. The molecule has 0 radical (unpaired) electrons. The fraction of sp³-hybridized carbons (Fsp3) is 0.786. The lowest BCUT2D eigenvalue weighted by Crippen LogP contribution is -2.34. The van der Waals surface area contributed by atoms with Gasteiger partial charge in [0.2, 0.25) is 0 Å². The average molecular weight is 320 g/mol. The van der Waals surface area contributed by atoms with E-state index in [1.54, 1.807) is 33.8 Å². The van der Waals surface area contributed by atoms with Gasteiger partial charge in [0.15, 0.2) is 9.84 Å². The fourth-order valence-corrected chi connectivity index (χ4v) is 2.57. The van der Waals surface area contributed by atoms with Crippen LogP contribution in [0.3, 0.4) is 0 Å². The van der Waals surface area contributed by atoms with Gasteiger partial charge >= 0.3 is 6.09 Å². The predicted octanol–water partition coefficient (Wildman–Crippen LogP) is 1.48. The first-order valence-electron chi connectivity index (χ1n) is 7.11. The molecule has 124 valence electrons. The van der Waals surface area contributed by atoms with Gasteiger partial charge in [0.25, 0.3) is 0 Å². The molecule has 0 heterocycles. The third-order valence-electron chi connectivity index (χ3n) is 2.46. The van der Waals surface area contributed by atoms with E-state index in [9.17, 15) is 13.2 Å². The molecule has 0 aromatic rings. The quantitative estimate of drug-likeness (QED) is 0.662. The molecule has 2 N–H and O–H groups in total. The summed E-state index contributed by atoms with van der Waals surface area (Å²) >= 11 is 0. The number of carbonyl (C=O) groups is 1. The van der Waals surface area contributed by atoms with E-state index in [2.05, 4.69) is 10.6 Å². The van der Waals surface area contributed by atoms with Crippen molar-refractivity contribution in [1.29, 1.82) is 0 Å². The normalized spacial score (nSPS) is 14.1. The highest BCUT2D eigenvalue weighted by Gasteiger charge is 2.15. The third-order valence-corrected chi connectivity index (χ3v) is 4.35. The molecular weight excluding hydrogens is 292 g/mol. The molecule has 7 heteroatoms. The second-order valence-corrected chi connectivity index (χ2v) is 8.26. The maximum absolute atomic E-state index is 11.4. The molecule has 0 spiro atoms. The van der Waals surface area contributed by atoms with E-state index in [0.717, 1.165) is 0 Å². The van der Waals surface area contributed by atoms with Crippen molar-refractivity contribution >= 4 is 15.9 Å². The highest BCUT2D eigenvalue weighted by atomic mass is 32.2. The highest BCUT2D eigenvalue weighted by molar-refractivity contribution is 7.91. The number of hydrogen-bond donors (Lipinski definition) is 2. The van der Waals surface area contributed by atoms with Crippen LogP contribution in [-0.2, 0) is 14.6 Å². The van der Waals surface area contributed by atoms with Gasteiger partial charge in [-0.25, -0.2) is 13.2 Å². The molecule has 0 fully saturated rings. The molecule has 1 amide bonds. The number of amides is 1. The number of hydrogen-bond acceptors (Lipinski definition) is 5. The third kappa shape index (κ3) is 12.4. The second kappa shape index (κ2) is 9.04. The van der Waals surface area contributed by atoms with E-state index in [1.165, 1.54) is 0 Å². The van der Waals surface area contributed by atoms with Crippen LogP contribution in [0.25, 0.3) is 0 Å². The van der Waals surface area contributed by atoms with E-state index in [-0.39, 0.29) is 17.5 Å². The predicted molar refractivity (Wildman–Crippen MR) is 85.2 cm³/mol. The Balaban J connectivity index is 3.81. The van der Waals surface area contributed by atoms with Crippen molar-refractivity contribution in [3.63, 3.8) is 0 Å². The Bertz CT molecular complexity index is 438. The summed E-state index contributed by atoms with van der Waals surface area (Å²) in [6.07, 6.45) is 3.17. The van der Waals surface area contributed by atoms with Gasteiger partial charge < -0.3 is 15.4 Å². The highest BCUT2D eigenvalue weighted by Crippen LogP contribution is 2.06. The van der Waals surface area contributed by atoms with Crippen LogP contribution in [0.5, 0.6) is 0 Å². The van der Waals surface area contributed by atoms with Crippen LogP contribution in [-0.4, -0.2) is 50.7 Å². The zero-order valence-corrected chi connectivity index (χ0v) is 14.4. The average Bonchev–Trinajstić information content (AvgIpc) is 2.30. The van der Waals surface area contributed by atoms with Gasteiger partial charge in [-0.1, -0.05) is 19.1 Å². The maximum Gasteiger partial charge on any atom is 0.407 e. The van der Waals surface area contributed by atoms with Crippen molar-refractivity contribution in [1.82, 2.24) is 10.6 Å². The Morgan fingerprint density at radius 3 is 2.33 bits per heavy atom. The van der Waals surface area contributed by atoms with Gasteiger partial charge in [0.1, 0.15) is 5.60 Å². The lowest BCUT2D eigenvalue weighted by Gasteiger charge is -2.19. The Morgan fingerprint density at radius 2 is 1.81 bits per heavy atom. The SMILES string of the molecule is CCS(=O)(=O)CC(C)NC/C=C/CNC(=O)OC(C)(C)C. The topological polar surface area (TPSA) is 84.5 Å². The molecular formula is C14H28N2O4S. The van der Waals surface area contributed by atoms with E-state index in [4.69, 9.17) is 4.74 Å². The summed E-state index contributed by atoms with van der Waals surface area (Å²) in [6, 6.07) is -0.0987. The van der Waals surface area contributed by atoms with E-state index < -0.39 is 21.5 Å². The number of alkyl carbamates (subject to hydrolysis) is 1. The number of ether oxygens (including phenoxy) is 1. The molecule has 0 aliphatic rings. The van der Waals surface area contributed by atoms with Crippen LogP contribution in [0.1, 0.15) is 34.6 Å². The first-order chi connectivity index (χ1) is 9.56. The summed E-state index contributed by atoms with van der Waals surface area (Å²) in [6.45, 7) is 9.81. The van der Waals surface area contributed by atoms with Crippen LogP contribution in [0.4, 0.5) is 4.79 Å². The molecule has 0 aromatic heterocycles. The molecule has 0 aromatic carbocycles. The molecule has 0 saturated heterocycles. The Labute approximate surface area is 128 Å². The van der Waals surface area contributed by atoms with E-state index in [1.807, 2.05) is 13.0 Å². The molecule has 0 bridgehead atoms. The van der Waals surface area contributed by atoms with E-state index >= 15 is 0 Å². The maximum atomic E-state index is 11.4. The fourth-order valence-electron chi connectivity index (χ4n) is 1.45. The number of rotatable bonds is 8. The van der Waals surface area contributed by atoms with Crippen molar-refractivity contribution in [3.8, 4) is 0 Å². The summed E-state index contributed by atoms with van der Waals surface area (Å²) < 4.78 is 27.9. The molecule has 0 saturated carbocycles. The van der Waals surface area contributed by atoms with Gasteiger partial charge in [-0.05, 0) is 27.7 Å². The number of nitrogens with one attached hydrogen (secondary N) is 2. The second-order valence-electron chi connectivity index (χ2n) is 5.86. The standard InChI is InChI=1S/C14H28N2O4S/c1-6-21(18,19)11-12(2)15-9-7-8-10-16-13(17)20-14(3,4)5/h7-8,12,15H,6,9-11H2,1-5H3,(H,16,17)/b8-7+. The van der Waals surface area contributed by atoms with Crippen LogP contribution >= 0.6 is 0 Å². The van der Waals surface area contributed by atoms with Crippen molar-refractivity contribution in [2.24, 2.45) is 0 Å². The van der Waals surface area contributed by atoms with Crippen molar-refractivity contribution in [2.45, 2.75) is 46.3 Å². The van der Waals surface area contributed by atoms with Gasteiger partial charge in [-0.3, -0.25) is 0 Å². The van der Waals surface area contributed by atoms with Gasteiger partial charge in [-0.15, -0.1) is 0 Å². The molecule has 21 heavy (non-hydrogen) atoms. The lowest BCUT2D eigenvalue weighted by molar-refractivity contribution is 0.0534. The van der Waals surface area contributed by atoms with Crippen molar-refractivity contribution < 1.29 is 17.9 Å². The summed E-state index contributed by atoms with van der Waals surface area (Å²) in [4.78, 5) is 11.3. The smallest absolute Gasteiger partial charge is 0.407 e. The number of carbonyl (C=O) groups excluding carboxylic acids is 1. The molecule has 0 rings (SSSR count). The minimum atomic E-state index is -2.95. The van der Waals surface area contributed by atoms with Crippen molar-refractivity contribution in [2.75, 3.05) is 24.6 Å². The van der Waals surface area contributed by atoms with Crippen LogP contribution < -0.4 is 10.6 Å². The first kappa shape index (κ1) is 19.9.